The quantitative estimate of drug-likeness (QED) is 0.423. The van der Waals surface area contributed by atoms with Crippen molar-refractivity contribution in [1.29, 1.82) is 0 Å². The van der Waals surface area contributed by atoms with Crippen molar-refractivity contribution >= 4 is 24.3 Å². The Hall–Kier alpha value is -2.55. The molecule has 4 N–H and O–H groups in total. The Kier molecular flexibility index (Phi) is 8.85. The van der Waals surface area contributed by atoms with Crippen LogP contribution in [0.4, 0.5) is 20.4 Å². The molecule has 35 heavy (non-hydrogen) atoms. The number of halogens is 2. The SMILES string of the molecule is C=C1CCCCN1C1CCN(c2ncc(C(C)O)cn2)CC1.CP(=O)(O)c1cc(F)c(N)cc1F. The van der Waals surface area contributed by atoms with E-state index >= 15 is 0 Å². The summed E-state index contributed by atoms with van der Waals surface area (Å²) in [6, 6.07) is 1.96. The molecule has 0 radical (unpaired) electrons. The zero-order valence-electron chi connectivity index (χ0n) is 20.2. The van der Waals surface area contributed by atoms with E-state index in [9.17, 15) is 18.5 Å². The molecule has 8 nitrogen and oxygen atoms in total. The number of nitrogens with two attached hydrogens (primary N) is 1. The summed E-state index contributed by atoms with van der Waals surface area (Å²) in [6.45, 7) is 10.0. The standard InChI is InChI=1S/C17H26N4O.C7H8F2NO2P/c1-13-5-3-4-8-21(13)16-6-9-20(10-7-16)17-18-11-15(12-19-17)14(2)22;1-13(11,12)7-3-4(8)6(10)2-5(7)9/h11-12,14,16,22H,1,3-10H2,2H3;2-3H,10H2,1H3,(H,11,12). The van der Waals surface area contributed by atoms with E-state index in [0.717, 1.165) is 50.5 Å². The normalized spacial score (nSPS) is 19.5. The first kappa shape index (κ1) is 27.0. The van der Waals surface area contributed by atoms with Crippen molar-refractivity contribution in [3.8, 4) is 0 Å². The van der Waals surface area contributed by atoms with Gasteiger partial charge < -0.3 is 25.5 Å². The monoisotopic (exact) mass is 509 g/mol. The first-order valence-electron chi connectivity index (χ1n) is 11.7. The molecule has 4 rings (SSSR count). The molecule has 0 spiro atoms. The minimum absolute atomic E-state index is 0.380. The zero-order valence-corrected chi connectivity index (χ0v) is 21.1. The Bertz CT molecular complexity index is 1070. The van der Waals surface area contributed by atoms with Gasteiger partial charge in [0.05, 0.1) is 17.1 Å². The van der Waals surface area contributed by atoms with Gasteiger partial charge >= 0.3 is 0 Å². The van der Waals surface area contributed by atoms with Gasteiger partial charge in [-0.2, -0.15) is 0 Å². The average Bonchev–Trinajstić information content (AvgIpc) is 2.82. The van der Waals surface area contributed by atoms with E-state index in [1.165, 1.54) is 25.1 Å². The molecule has 2 aliphatic rings. The van der Waals surface area contributed by atoms with Crippen molar-refractivity contribution in [2.24, 2.45) is 0 Å². The molecule has 11 heteroatoms. The summed E-state index contributed by atoms with van der Waals surface area (Å²) in [5, 5.41) is 8.98. The highest BCUT2D eigenvalue weighted by Crippen LogP contribution is 2.35. The second-order valence-corrected chi connectivity index (χ2v) is 11.4. The first-order valence-corrected chi connectivity index (χ1v) is 13.8. The minimum atomic E-state index is -3.77. The Balaban J connectivity index is 0.000000225. The van der Waals surface area contributed by atoms with Crippen molar-refractivity contribution in [2.75, 3.05) is 36.9 Å². The molecule has 1 aromatic heterocycles. The van der Waals surface area contributed by atoms with Crippen LogP contribution in [0.15, 0.2) is 36.8 Å². The third kappa shape index (κ3) is 6.99. The predicted octanol–water partition coefficient (Wildman–Crippen LogP) is 3.57. The molecule has 3 heterocycles. The van der Waals surface area contributed by atoms with E-state index in [2.05, 4.69) is 26.3 Å². The highest BCUT2D eigenvalue weighted by Gasteiger charge is 2.27. The summed E-state index contributed by atoms with van der Waals surface area (Å²) in [5.74, 6) is -1.08. The average molecular weight is 510 g/mol. The van der Waals surface area contributed by atoms with Crippen LogP contribution >= 0.6 is 7.37 Å². The lowest BCUT2D eigenvalue weighted by Crippen LogP contribution is -2.46. The van der Waals surface area contributed by atoms with Gasteiger partial charge in [0.25, 0.3) is 0 Å². The van der Waals surface area contributed by atoms with E-state index in [-0.39, 0.29) is 5.69 Å². The molecule has 0 saturated carbocycles. The van der Waals surface area contributed by atoms with Crippen LogP contribution in [0.2, 0.25) is 0 Å². The molecule has 2 unspecified atom stereocenters. The minimum Gasteiger partial charge on any atom is -0.396 e. The molecular weight excluding hydrogens is 475 g/mol. The third-order valence-electron chi connectivity index (χ3n) is 6.36. The van der Waals surface area contributed by atoms with E-state index in [1.807, 2.05) is 0 Å². The molecule has 2 aromatic rings. The number of likely N-dealkylation sites (tertiary alicyclic amines) is 1. The van der Waals surface area contributed by atoms with Gasteiger partial charge in [-0.05, 0) is 45.1 Å². The maximum Gasteiger partial charge on any atom is 0.229 e. The number of rotatable bonds is 4. The predicted molar refractivity (Wildman–Crippen MR) is 134 cm³/mol. The molecule has 0 aliphatic carbocycles. The van der Waals surface area contributed by atoms with Crippen LogP contribution in [-0.4, -0.2) is 57.2 Å². The molecule has 0 amide bonds. The van der Waals surface area contributed by atoms with Gasteiger partial charge in [0.1, 0.15) is 11.6 Å². The van der Waals surface area contributed by atoms with Gasteiger partial charge in [-0.15, -0.1) is 0 Å². The molecule has 2 atom stereocenters. The van der Waals surface area contributed by atoms with E-state index in [1.54, 1.807) is 19.3 Å². The van der Waals surface area contributed by atoms with Crippen LogP contribution in [0, 0.1) is 11.6 Å². The van der Waals surface area contributed by atoms with Gasteiger partial charge in [0.15, 0.2) is 0 Å². The Morgan fingerprint density at radius 3 is 2.31 bits per heavy atom. The maximum absolute atomic E-state index is 12.9. The molecule has 1 aromatic carbocycles. The van der Waals surface area contributed by atoms with E-state index in [0.29, 0.717) is 18.2 Å². The summed E-state index contributed by atoms with van der Waals surface area (Å²) >= 11 is 0. The lowest BCUT2D eigenvalue weighted by molar-refractivity contribution is 0.187. The molecule has 2 saturated heterocycles. The Morgan fingerprint density at radius 2 is 1.77 bits per heavy atom. The number of aliphatic hydroxyl groups is 1. The fourth-order valence-electron chi connectivity index (χ4n) is 4.31. The number of aromatic nitrogens is 2. The van der Waals surface area contributed by atoms with Crippen LogP contribution < -0.4 is 15.9 Å². The second kappa shape index (κ2) is 11.5. The van der Waals surface area contributed by atoms with E-state index < -0.39 is 30.4 Å². The number of hydrogen-bond acceptors (Lipinski definition) is 7. The van der Waals surface area contributed by atoms with Gasteiger partial charge in [-0.25, -0.2) is 18.7 Å². The van der Waals surface area contributed by atoms with Crippen LogP contribution in [0.25, 0.3) is 0 Å². The van der Waals surface area contributed by atoms with Crippen molar-refractivity contribution in [1.82, 2.24) is 14.9 Å². The highest BCUT2D eigenvalue weighted by atomic mass is 31.2. The van der Waals surface area contributed by atoms with Crippen molar-refractivity contribution in [2.45, 2.75) is 51.2 Å². The number of allylic oxidation sites excluding steroid dienone is 1. The second-order valence-electron chi connectivity index (χ2n) is 9.13. The lowest BCUT2D eigenvalue weighted by atomic mass is 9.98. The summed E-state index contributed by atoms with van der Waals surface area (Å²) in [7, 11) is -3.77. The highest BCUT2D eigenvalue weighted by molar-refractivity contribution is 7.65. The van der Waals surface area contributed by atoms with Gasteiger partial charge in [-0.1, -0.05) is 6.58 Å². The van der Waals surface area contributed by atoms with Crippen molar-refractivity contribution in [3.05, 3.63) is 54.0 Å². The number of piperidine rings is 2. The number of benzene rings is 1. The number of aliphatic hydroxyl groups excluding tert-OH is 1. The fourth-order valence-corrected chi connectivity index (χ4v) is 5.12. The van der Waals surface area contributed by atoms with E-state index in [4.69, 9.17) is 10.6 Å². The Labute approximate surface area is 204 Å². The smallest absolute Gasteiger partial charge is 0.229 e. The summed E-state index contributed by atoms with van der Waals surface area (Å²) in [6.07, 6.45) is 8.97. The Morgan fingerprint density at radius 1 is 1.14 bits per heavy atom. The zero-order chi connectivity index (χ0) is 25.8. The largest absolute Gasteiger partial charge is 0.396 e. The van der Waals surface area contributed by atoms with Crippen molar-refractivity contribution in [3.63, 3.8) is 0 Å². The summed E-state index contributed by atoms with van der Waals surface area (Å²) < 4.78 is 36.7. The number of hydrogen-bond donors (Lipinski definition) is 3. The van der Waals surface area contributed by atoms with Crippen LogP contribution in [0.5, 0.6) is 0 Å². The molecule has 0 bridgehead atoms. The summed E-state index contributed by atoms with van der Waals surface area (Å²) in [4.78, 5) is 22.6. The molecule has 192 valence electrons. The lowest BCUT2D eigenvalue weighted by Gasteiger charge is -2.42. The number of nitrogen functional groups attached to an aromatic ring is 1. The van der Waals surface area contributed by atoms with Gasteiger partial charge in [-0.3, -0.25) is 4.57 Å². The fraction of sp³-hybridized carbons (Fsp3) is 0.500. The van der Waals surface area contributed by atoms with Gasteiger partial charge in [0.2, 0.25) is 13.3 Å². The maximum atomic E-state index is 12.9. The molecular formula is C24H34F2N5O3P. The van der Waals surface area contributed by atoms with Crippen LogP contribution in [0.3, 0.4) is 0 Å². The molecule has 2 fully saturated rings. The first-order chi connectivity index (χ1) is 16.5. The van der Waals surface area contributed by atoms with Crippen LogP contribution in [-0.2, 0) is 4.57 Å². The number of anilines is 2. The summed E-state index contributed by atoms with van der Waals surface area (Å²) in [5.41, 5.74) is 6.75. The molecule has 2 aliphatic heterocycles. The van der Waals surface area contributed by atoms with Crippen molar-refractivity contribution < 1.29 is 23.3 Å². The van der Waals surface area contributed by atoms with Gasteiger partial charge in [0, 0.05) is 62.1 Å². The van der Waals surface area contributed by atoms with Crippen LogP contribution in [0.1, 0.15) is 50.7 Å². The third-order valence-corrected chi connectivity index (χ3v) is 7.60. The number of nitrogens with zero attached hydrogens (tertiary/aromatic N) is 4. The topological polar surface area (TPSA) is 116 Å².